The number of hydrogen-bond acceptors (Lipinski definition) is 7. The first-order valence-corrected chi connectivity index (χ1v) is 8.90. The van der Waals surface area contributed by atoms with Gasteiger partial charge in [-0.05, 0) is 41.7 Å². The minimum atomic E-state index is -1.23. The van der Waals surface area contributed by atoms with Gasteiger partial charge >= 0.3 is 13.1 Å². The van der Waals surface area contributed by atoms with E-state index in [0.29, 0.717) is 28.9 Å². The van der Waals surface area contributed by atoms with Crippen molar-refractivity contribution in [3.63, 3.8) is 0 Å². The fraction of sp³-hybridized carbons (Fsp3) is 0.316. The van der Waals surface area contributed by atoms with Gasteiger partial charge in [-0.2, -0.15) is 0 Å². The largest absolute Gasteiger partial charge is 0.492 e. The monoisotopic (exact) mass is 382 g/mol. The van der Waals surface area contributed by atoms with Crippen molar-refractivity contribution in [1.29, 1.82) is 0 Å². The number of nitrogens with zero attached hydrogens (tertiary/aromatic N) is 1. The number of pyridine rings is 1. The predicted octanol–water partition coefficient (Wildman–Crippen LogP) is -0.150. The van der Waals surface area contributed by atoms with Crippen LogP contribution in [0.25, 0.3) is 0 Å². The van der Waals surface area contributed by atoms with Gasteiger partial charge in [0.2, 0.25) is 0 Å². The number of rotatable bonds is 5. The molecule has 2 aliphatic heterocycles. The molecule has 3 heterocycles. The lowest BCUT2D eigenvalue weighted by Crippen LogP contribution is -2.67. The molecule has 9 heteroatoms. The Morgan fingerprint density at radius 2 is 2.14 bits per heavy atom. The second-order valence-electron chi connectivity index (χ2n) is 6.90. The van der Waals surface area contributed by atoms with Gasteiger partial charge < -0.3 is 24.5 Å². The summed E-state index contributed by atoms with van der Waals surface area (Å²) in [5.74, 6) is -1.00. The van der Waals surface area contributed by atoms with Crippen LogP contribution in [0.5, 0.6) is 0 Å². The van der Waals surface area contributed by atoms with E-state index in [1.54, 1.807) is 43.5 Å². The summed E-state index contributed by atoms with van der Waals surface area (Å²) in [5, 5.41) is 12.7. The number of aromatic nitrogens is 1. The zero-order valence-electron chi connectivity index (χ0n) is 15.3. The van der Waals surface area contributed by atoms with Gasteiger partial charge in [-0.1, -0.05) is 12.1 Å². The van der Waals surface area contributed by atoms with Crippen LogP contribution in [0, 0.1) is 6.92 Å². The summed E-state index contributed by atoms with van der Waals surface area (Å²) in [7, 11) is -1.05. The van der Waals surface area contributed by atoms with Crippen molar-refractivity contribution in [2.45, 2.75) is 25.7 Å². The van der Waals surface area contributed by atoms with Crippen LogP contribution in [0.3, 0.4) is 0 Å². The molecule has 0 bridgehead atoms. The van der Waals surface area contributed by atoms with E-state index < -0.39 is 24.5 Å². The van der Waals surface area contributed by atoms with E-state index in [0.717, 1.165) is 5.56 Å². The van der Waals surface area contributed by atoms with E-state index in [1.807, 2.05) is 0 Å². The van der Waals surface area contributed by atoms with E-state index in [1.165, 1.54) is 0 Å². The summed E-state index contributed by atoms with van der Waals surface area (Å²) in [5.41, 5.74) is 1.82. The Balaban J connectivity index is 1.48. The van der Waals surface area contributed by atoms with Gasteiger partial charge in [-0.3, -0.25) is 9.78 Å². The highest BCUT2D eigenvalue weighted by Crippen LogP contribution is 2.22. The summed E-state index contributed by atoms with van der Waals surface area (Å²) < 4.78 is 15.7. The molecule has 0 aliphatic carbocycles. The number of carbonyl (C=O) groups is 2. The van der Waals surface area contributed by atoms with Crippen molar-refractivity contribution < 1.29 is 28.7 Å². The maximum atomic E-state index is 12.8. The van der Waals surface area contributed by atoms with Crippen molar-refractivity contribution in [3.8, 4) is 0 Å². The van der Waals surface area contributed by atoms with Crippen LogP contribution < -0.4 is 10.8 Å². The molecule has 0 atom stereocenters. The molecule has 0 radical (unpaired) electrons. The molecule has 28 heavy (non-hydrogen) atoms. The van der Waals surface area contributed by atoms with Gasteiger partial charge in [-0.15, -0.1) is 0 Å². The smallest absolute Gasteiger partial charge is 0.457 e. The third-order valence-corrected chi connectivity index (χ3v) is 5.01. The van der Waals surface area contributed by atoms with E-state index in [-0.39, 0.29) is 19.8 Å². The maximum Gasteiger partial charge on any atom is 0.492 e. The Kier molecular flexibility index (Phi) is 4.88. The highest BCUT2D eigenvalue weighted by Gasteiger charge is 2.49. The van der Waals surface area contributed by atoms with E-state index in [9.17, 15) is 14.6 Å². The van der Waals surface area contributed by atoms with Crippen molar-refractivity contribution in [2.24, 2.45) is 0 Å². The summed E-state index contributed by atoms with van der Waals surface area (Å²) in [6, 6.07) is 8.73. The summed E-state index contributed by atoms with van der Waals surface area (Å²) in [4.78, 5) is 29.6. The molecule has 4 rings (SSSR count). The quantitative estimate of drug-likeness (QED) is 0.547. The minimum absolute atomic E-state index is 0.0126. The Hall–Kier alpha value is -2.75. The summed E-state index contributed by atoms with van der Waals surface area (Å²) in [6.45, 7) is 2.13. The normalized spacial score (nSPS) is 16.9. The number of benzene rings is 1. The Morgan fingerprint density at radius 3 is 2.82 bits per heavy atom. The highest BCUT2D eigenvalue weighted by atomic mass is 16.6. The van der Waals surface area contributed by atoms with Gasteiger partial charge in [0, 0.05) is 11.8 Å². The lowest BCUT2D eigenvalue weighted by Gasteiger charge is -2.39. The van der Waals surface area contributed by atoms with Crippen molar-refractivity contribution in [2.75, 3.05) is 13.2 Å². The molecule has 144 valence electrons. The number of nitrogens with one attached hydrogen (secondary N) is 1. The zero-order chi connectivity index (χ0) is 19.7. The van der Waals surface area contributed by atoms with Crippen LogP contribution in [0.1, 0.15) is 27.2 Å². The topological polar surface area (TPSA) is 107 Å². The summed E-state index contributed by atoms with van der Waals surface area (Å²) in [6.07, 6.45) is 1.61. The molecular weight excluding hydrogens is 363 g/mol. The molecule has 0 unspecified atom stereocenters. The number of ether oxygens (including phenoxy) is 2. The van der Waals surface area contributed by atoms with Crippen molar-refractivity contribution in [1.82, 2.24) is 10.3 Å². The van der Waals surface area contributed by atoms with Crippen LogP contribution in [0.4, 0.5) is 0 Å². The van der Waals surface area contributed by atoms with Gasteiger partial charge in [0.15, 0.2) is 5.54 Å². The number of fused-ring (bicyclic) bond motifs is 1. The average molecular weight is 382 g/mol. The lowest BCUT2D eigenvalue weighted by molar-refractivity contribution is -0.172. The summed E-state index contributed by atoms with van der Waals surface area (Å²) >= 11 is 0. The number of esters is 1. The third kappa shape index (κ3) is 3.28. The SMILES string of the molecule is Cc1c(C(=O)NC2(C(=O)OCc3ccccn3)COC2)ccc2c1B(O)OC2. The van der Waals surface area contributed by atoms with Crippen molar-refractivity contribution >= 4 is 24.5 Å². The predicted molar refractivity (Wildman–Crippen MR) is 98.6 cm³/mol. The van der Waals surface area contributed by atoms with Gasteiger partial charge in [0.1, 0.15) is 6.61 Å². The van der Waals surface area contributed by atoms with Crippen LogP contribution in [-0.4, -0.2) is 47.8 Å². The van der Waals surface area contributed by atoms with Gasteiger partial charge in [-0.25, -0.2) is 4.79 Å². The molecule has 1 aromatic carbocycles. The number of amides is 1. The minimum Gasteiger partial charge on any atom is -0.457 e. The highest BCUT2D eigenvalue weighted by molar-refractivity contribution is 6.62. The van der Waals surface area contributed by atoms with Crippen LogP contribution >= 0.6 is 0 Å². The fourth-order valence-corrected chi connectivity index (χ4v) is 3.35. The number of hydrogen-bond donors (Lipinski definition) is 2. The standard InChI is InChI=1S/C19H19BN2O6/c1-12-15(6-5-13-8-28-20(25)16(12)13)17(23)22-19(10-26-11-19)18(24)27-9-14-4-2-3-7-21-14/h2-7,25H,8-11H2,1H3,(H,22,23). The average Bonchev–Trinajstić information content (AvgIpc) is 3.05. The zero-order valence-corrected chi connectivity index (χ0v) is 15.3. The molecule has 1 aromatic heterocycles. The maximum absolute atomic E-state index is 12.8. The molecule has 8 nitrogen and oxygen atoms in total. The first-order valence-electron chi connectivity index (χ1n) is 8.90. The van der Waals surface area contributed by atoms with Crippen LogP contribution in [0.15, 0.2) is 36.5 Å². The molecule has 1 fully saturated rings. The third-order valence-electron chi connectivity index (χ3n) is 5.01. The van der Waals surface area contributed by atoms with Gasteiger partial charge in [0.05, 0.1) is 25.5 Å². The Bertz CT molecular complexity index is 916. The van der Waals surface area contributed by atoms with Crippen molar-refractivity contribution in [3.05, 3.63) is 58.9 Å². The van der Waals surface area contributed by atoms with Gasteiger partial charge in [0.25, 0.3) is 5.91 Å². The molecule has 0 spiro atoms. The Labute approximate surface area is 162 Å². The van der Waals surface area contributed by atoms with Crippen LogP contribution in [-0.2, 0) is 32.1 Å². The van der Waals surface area contributed by atoms with Crippen LogP contribution in [0.2, 0.25) is 0 Å². The molecule has 1 saturated heterocycles. The van der Waals surface area contributed by atoms with E-state index in [4.69, 9.17) is 14.1 Å². The number of carbonyl (C=O) groups excluding carboxylic acids is 2. The molecular formula is C19H19BN2O6. The lowest BCUT2D eigenvalue weighted by atomic mass is 9.75. The fourth-order valence-electron chi connectivity index (χ4n) is 3.35. The second kappa shape index (κ2) is 7.35. The molecule has 2 N–H and O–H groups in total. The molecule has 1 amide bonds. The Morgan fingerprint density at radius 1 is 1.32 bits per heavy atom. The second-order valence-corrected chi connectivity index (χ2v) is 6.90. The first kappa shape index (κ1) is 18.6. The molecule has 2 aromatic rings. The molecule has 0 saturated carbocycles. The molecule has 2 aliphatic rings. The van der Waals surface area contributed by atoms with E-state index in [2.05, 4.69) is 10.3 Å². The first-order chi connectivity index (χ1) is 13.5. The van der Waals surface area contributed by atoms with E-state index >= 15 is 0 Å².